The number of hydrogen-bond donors (Lipinski definition) is 1. The van der Waals surface area contributed by atoms with Crippen LogP contribution in [-0.2, 0) is 0 Å². The Kier molecular flexibility index (Phi) is 6.05. The number of rotatable bonds is 7. The van der Waals surface area contributed by atoms with Gasteiger partial charge < -0.3 is 10.1 Å². The van der Waals surface area contributed by atoms with E-state index in [0.717, 1.165) is 18.5 Å². The van der Waals surface area contributed by atoms with E-state index < -0.39 is 0 Å². The van der Waals surface area contributed by atoms with Crippen LogP contribution in [0.25, 0.3) is 0 Å². The van der Waals surface area contributed by atoms with Crippen LogP contribution < -0.4 is 10.1 Å². The molecule has 0 saturated carbocycles. The average Bonchev–Trinajstić information content (AvgIpc) is 2.32. The maximum atomic E-state index is 5.83. The van der Waals surface area contributed by atoms with Crippen LogP contribution in [0.4, 0.5) is 5.95 Å². The number of anilines is 1. The summed E-state index contributed by atoms with van der Waals surface area (Å²) in [6, 6.07) is 2.03. The van der Waals surface area contributed by atoms with Crippen molar-refractivity contribution in [1.82, 2.24) is 9.97 Å². The van der Waals surface area contributed by atoms with Crippen molar-refractivity contribution in [2.24, 2.45) is 0 Å². The minimum atomic E-state index is 0.192. The summed E-state index contributed by atoms with van der Waals surface area (Å²) in [4.78, 5) is 8.62. The second-order valence-corrected chi connectivity index (χ2v) is 4.23. The Morgan fingerprint density at radius 2 is 2.18 bits per heavy atom. The molecule has 96 valence electrons. The lowest BCUT2D eigenvalue weighted by Gasteiger charge is -2.14. The van der Waals surface area contributed by atoms with Gasteiger partial charge in [0, 0.05) is 23.7 Å². The SMILES string of the molecule is CCCOc1cc(C)nc(NC(CC)CCl)n1. The molecule has 0 aliphatic carbocycles. The fraction of sp³-hybridized carbons (Fsp3) is 0.667. The molecule has 1 aromatic rings. The highest BCUT2D eigenvalue weighted by Gasteiger charge is 2.08. The standard InChI is InChI=1S/C12H20ClN3O/c1-4-6-17-11-7-9(3)14-12(16-11)15-10(5-2)8-13/h7,10H,4-6,8H2,1-3H3,(H,14,15,16). The van der Waals surface area contributed by atoms with E-state index in [1.807, 2.05) is 13.0 Å². The van der Waals surface area contributed by atoms with E-state index in [0.29, 0.717) is 24.3 Å². The molecule has 0 radical (unpaired) electrons. The lowest BCUT2D eigenvalue weighted by molar-refractivity contribution is 0.305. The molecule has 0 fully saturated rings. The van der Waals surface area contributed by atoms with Gasteiger partial charge in [-0.1, -0.05) is 13.8 Å². The summed E-state index contributed by atoms with van der Waals surface area (Å²) in [6.07, 6.45) is 1.90. The van der Waals surface area contributed by atoms with E-state index in [9.17, 15) is 0 Å². The first-order chi connectivity index (χ1) is 8.19. The second-order valence-electron chi connectivity index (χ2n) is 3.92. The van der Waals surface area contributed by atoms with Crippen molar-refractivity contribution >= 4 is 17.5 Å². The number of hydrogen-bond acceptors (Lipinski definition) is 4. The molecule has 0 saturated heterocycles. The zero-order valence-electron chi connectivity index (χ0n) is 10.7. The molecule has 1 atom stereocenters. The zero-order chi connectivity index (χ0) is 12.7. The summed E-state index contributed by atoms with van der Waals surface area (Å²) in [5.74, 6) is 1.74. The lowest BCUT2D eigenvalue weighted by Crippen LogP contribution is -2.22. The molecule has 5 heteroatoms. The summed E-state index contributed by atoms with van der Waals surface area (Å²) in [6.45, 7) is 6.73. The predicted molar refractivity (Wildman–Crippen MR) is 71.0 cm³/mol. The summed E-state index contributed by atoms with van der Waals surface area (Å²) >= 11 is 5.83. The van der Waals surface area contributed by atoms with Gasteiger partial charge in [0.25, 0.3) is 0 Å². The molecule has 1 N–H and O–H groups in total. The Bertz CT molecular complexity index is 343. The Morgan fingerprint density at radius 3 is 2.76 bits per heavy atom. The quantitative estimate of drug-likeness (QED) is 0.763. The molecule has 1 heterocycles. The van der Waals surface area contributed by atoms with Gasteiger partial charge in [0.2, 0.25) is 11.8 Å². The van der Waals surface area contributed by atoms with E-state index in [2.05, 4.69) is 29.1 Å². The van der Waals surface area contributed by atoms with Crippen LogP contribution >= 0.6 is 11.6 Å². The normalized spacial score (nSPS) is 12.2. The Labute approximate surface area is 108 Å². The first kappa shape index (κ1) is 14.0. The summed E-state index contributed by atoms with van der Waals surface area (Å²) in [5.41, 5.74) is 0.887. The molecule has 4 nitrogen and oxygen atoms in total. The molecule has 0 aromatic carbocycles. The molecular weight excluding hydrogens is 238 g/mol. The fourth-order valence-electron chi connectivity index (χ4n) is 1.32. The number of nitrogens with one attached hydrogen (secondary N) is 1. The number of aromatic nitrogens is 2. The van der Waals surface area contributed by atoms with Gasteiger partial charge in [-0.15, -0.1) is 11.6 Å². The largest absolute Gasteiger partial charge is 0.478 e. The van der Waals surface area contributed by atoms with Crippen molar-refractivity contribution < 1.29 is 4.74 Å². The molecule has 0 amide bonds. The van der Waals surface area contributed by atoms with Crippen LogP contribution in [-0.4, -0.2) is 28.5 Å². The maximum absolute atomic E-state index is 5.83. The van der Waals surface area contributed by atoms with Crippen LogP contribution in [0.5, 0.6) is 5.88 Å². The number of aryl methyl sites for hydroxylation is 1. The van der Waals surface area contributed by atoms with E-state index in [-0.39, 0.29) is 6.04 Å². The smallest absolute Gasteiger partial charge is 0.226 e. The number of halogens is 1. The predicted octanol–water partition coefficient (Wildman–Crippen LogP) is 3.00. The average molecular weight is 258 g/mol. The van der Waals surface area contributed by atoms with Crippen LogP contribution in [0.3, 0.4) is 0 Å². The second kappa shape index (κ2) is 7.33. The topological polar surface area (TPSA) is 47.0 Å². The van der Waals surface area contributed by atoms with Crippen molar-refractivity contribution in [1.29, 1.82) is 0 Å². The van der Waals surface area contributed by atoms with Crippen LogP contribution in [0.1, 0.15) is 32.4 Å². The fourth-order valence-corrected chi connectivity index (χ4v) is 1.61. The molecule has 17 heavy (non-hydrogen) atoms. The molecule has 0 spiro atoms. The van der Waals surface area contributed by atoms with Crippen LogP contribution in [0.2, 0.25) is 0 Å². The zero-order valence-corrected chi connectivity index (χ0v) is 11.4. The molecule has 0 aliphatic heterocycles. The number of ether oxygens (including phenoxy) is 1. The summed E-state index contributed by atoms with van der Waals surface area (Å²) < 4.78 is 5.50. The van der Waals surface area contributed by atoms with Gasteiger partial charge in [0.15, 0.2) is 0 Å². The molecule has 1 aromatic heterocycles. The Hall–Kier alpha value is -1.03. The summed E-state index contributed by atoms with van der Waals surface area (Å²) in [5, 5.41) is 3.20. The number of alkyl halides is 1. The Morgan fingerprint density at radius 1 is 1.41 bits per heavy atom. The van der Waals surface area contributed by atoms with E-state index in [1.165, 1.54) is 0 Å². The van der Waals surface area contributed by atoms with E-state index in [4.69, 9.17) is 16.3 Å². The van der Waals surface area contributed by atoms with Gasteiger partial charge in [-0.3, -0.25) is 0 Å². The Balaban J connectivity index is 2.74. The van der Waals surface area contributed by atoms with Crippen molar-refractivity contribution in [3.63, 3.8) is 0 Å². The lowest BCUT2D eigenvalue weighted by atomic mass is 10.3. The monoisotopic (exact) mass is 257 g/mol. The maximum Gasteiger partial charge on any atom is 0.226 e. The molecule has 1 rings (SSSR count). The molecule has 0 bridgehead atoms. The minimum absolute atomic E-state index is 0.192. The minimum Gasteiger partial charge on any atom is -0.478 e. The van der Waals surface area contributed by atoms with Crippen LogP contribution in [0, 0.1) is 6.92 Å². The number of nitrogens with zero attached hydrogens (tertiary/aromatic N) is 2. The molecule has 0 aliphatic rings. The third kappa shape index (κ3) is 4.77. The van der Waals surface area contributed by atoms with Gasteiger partial charge in [-0.05, 0) is 19.8 Å². The van der Waals surface area contributed by atoms with Crippen molar-refractivity contribution in [2.75, 3.05) is 17.8 Å². The van der Waals surface area contributed by atoms with Gasteiger partial charge in [0.05, 0.1) is 6.61 Å². The van der Waals surface area contributed by atoms with Crippen LogP contribution in [0.15, 0.2) is 6.07 Å². The van der Waals surface area contributed by atoms with E-state index in [1.54, 1.807) is 0 Å². The van der Waals surface area contributed by atoms with Gasteiger partial charge in [0.1, 0.15) is 0 Å². The van der Waals surface area contributed by atoms with Crippen molar-refractivity contribution in [3.8, 4) is 5.88 Å². The highest BCUT2D eigenvalue weighted by molar-refractivity contribution is 6.18. The summed E-state index contributed by atoms with van der Waals surface area (Å²) in [7, 11) is 0. The first-order valence-corrected chi connectivity index (χ1v) is 6.54. The third-order valence-electron chi connectivity index (χ3n) is 2.30. The van der Waals surface area contributed by atoms with Gasteiger partial charge in [-0.25, -0.2) is 4.98 Å². The third-order valence-corrected chi connectivity index (χ3v) is 2.67. The first-order valence-electron chi connectivity index (χ1n) is 6.00. The highest BCUT2D eigenvalue weighted by Crippen LogP contribution is 2.13. The molecular formula is C12H20ClN3O. The van der Waals surface area contributed by atoms with Crippen molar-refractivity contribution in [3.05, 3.63) is 11.8 Å². The molecule has 1 unspecified atom stereocenters. The van der Waals surface area contributed by atoms with Gasteiger partial charge in [-0.2, -0.15) is 4.98 Å². The van der Waals surface area contributed by atoms with Crippen molar-refractivity contribution in [2.45, 2.75) is 39.7 Å². The highest BCUT2D eigenvalue weighted by atomic mass is 35.5. The van der Waals surface area contributed by atoms with Gasteiger partial charge >= 0.3 is 0 Å². The van der Waals surface area contributed by atoms with E-state index >= 15 is 0 Å².